The van der Waals surface area contributed by atoms with Gasteiger partial charge in [0.2, 0.25) is 17.7 Å². The highest BCUT2D eigenvalue weighted by atomic mass is 32.2. The number of nitriles is 1. The number of hydrogen-bond donors (Lipinski definition) is 4. The van der Waals surface area contributed by atoms with Crippen LogP contribution in [0.5, 0.6) is 5.88 Å². The minimum absolute atomic E-state index is 0.0197. The van der Waals surface area contributed by atoms with Gasteiger partial charge in [0.25, 0.3) is 11.8 Å². The molecule has 0 aliphatic carbocycles. The van der Waals surface area contributed by atoms with E-state index in [1.807, 2.05) is 4.90 Å². The summed E-state index contributed by atoms with van der Waals surface area (Å²) in [6.45, 7) is 6.93. The topological polar surface area (TPSA) is 244 Å². The maximum Gasteiger partial charge on any atom is 0.258 e. The Morgan fingerprint density at radius 2 is 1.70 bits per heavy atom. The fourth-order valence-electron chi connectivity index (χ4n) is 10.6. The SMILES string of the molecule is CN[C@@H](C)C(=O)N[C@H](C(=O)N1CCC[C@H]1C1=NC(C(=O)c2ccc(F)cc2)CS1)C1CCN(CCCCCCCCC(=O)NCCN2N=CC3C(=C2C#N)c2cnc(N)c(n2)O[C@H](C)c2cc(F)ccc2C(=O)N3C)CC1. The van der Waals surface area contributed by atoms with E-state index < -0.39 is 47.8 Å². The third-order valence-electron chi connectivity index (χ3n) is 15.2. The van der Waals surface area contributed by atoms with Gasteiger partial charge in [0.15, 0.2) is 11.6 Å². The Labute approximate surface area is 452 Å². The molecule has 77 heavy (non-hydrogen) atoms. The molecule has 22 heteroatoms. The highest BCUT2D eigenvalue weighted by Crippen LogP contribution is 2.36. The molecule has 19 nitrogen and oxygen atoms in total. The van der Waals surface area contributed by atoms with Crippen LogP contribution in [0.1, 0.15) is 123 Å². The Hall–Kier alpha value is -6.83. The van der Waals surface area contributed by atoms with Gasteiger partial charge in [-0.1, -0.05) is 25.7 Å². The van der Waals surface area contributed by atoms with Gasteiger partial charge < -0.3 is 41.1 Å². The highest BCUT2D eigenvalue weighted by molar-refractivity contribution is 8.14. The second kappa shape index (κ2) is 26.0. The quantitative estimate of drug-likeness (QED) is 0.0806. The molecular formula is C55H69F2N13O6S. The van der Waals surface area contributed by atoms with Gasteiger partial charge in [0, 0.05) is 54.6 Å². The number of aromatic nitrogens is 2. The number of fused-ring (bicyclic) bond motifs is 5. The molecule has 5 N–H and O–H groups in total. The number of nitrogens with one attached hydrogen (secondary N) is 3. The molecule has 6 heterocycles. The van der Waals surface area contributed by atoms with E-state index in [-0.39, 0.29) is 77.2 Å². The number of Topliss-reactive ketones (excluding diaryl/α,β-unsaturated/α-hetero) is 1. The molecule has 1 aromatic heterocycles. The number of allylic oxidation sites excluding steroid dienone is 1. The molecule has 6 atom stereocenters. The molecule has 3 aromatic rings. The predicted octanol–water partition coefficient (Wildman–Crippen LogP) is 5.51. The summed E-state index contributed by atoms with van der Waals surface area (Å²) in [7, 11) is 3.28. The van der Waals surface area contributed by atoms with Crippen molar-refractivity contribution < 1.29 is 37.5 Å². The number of ketones is 1. The first-order chi connectivity index (χ1) is 37.1. The van der Waals surface area contributed by atoms with Crippen molar-refractivity contribution in [2.45, 2.75) is 121 Å². The molecule has 2 aromatic carbocycles. The van der Waals surface area contributed by atoms with E-state index in [4.69, 9.17) is 15.5 Å². The summed E-state index contributed by atoms with van der Waals surface area (Å²) < 4.78 is 34.0. The Morgan fingerprint density at radius 1 is 0.974 bits per heavy atom. The Kier molecular flexibility index (Phi) is 19.0. The zero-order chi connectivity index (χ0) is 54.8. The van der Waals surface area contributed by atoms with Crippen LogP contribution in [0.25, 0.3) is 5.57 Å². The van der Waals surface area contributed by atoms with E-state index in [1.54, 1.807) is 27.9 Å². The number of piperidine rings is 1. The summed E-state index contributed by atoms with van der Waals surface area (Å²) in [4.78, 5) is 87.2. The van der Waals surface area contributed by atoms with Crippen molar-refractivity contribution >= 4 is 63.8 Å². The Bertz CT molecular complexity index is 2800. The number of amides is 4. The van der Waals surface area contributed by atoms with Crippen LogP contribution in [0.3, 0.4) is 0 Å². The lowest BCUT2D eigenvalue weighted by molar-refractivity contribution is -0.138. The van der Waals surface area contributed by atoms with Gasteiger partial charge >= 0.3 is 0 Å². The number of hydrazone groups is 1. The first kappa shape index (κ1) is 56.4. The van der Waals surface area contributed by atoms with Crippen molar-refractivity contribution in [3.63, 3.8) is 0 Å². The van der Waals surface area contributed by atoms with Gasteiger partial charge in [-0.3, -0.25) is 34.0 Å². The summed E-state index contributed by atoms with van der Waals surface area (Å²) >= 11 is 1.50. The standard InChI is InChI=1S/C55H69F2N13O6S/c1-33(60-3)51(73)66-48(55(75)69-24-11-12-43(69)53-65-42(32-77-53)49(72)36-14-16-37(56)17-15-36)35-20-25-68(26-21-35)23-10-8-6-5-7-9-13-46(71)61-22-27-70-44(29-58)47-41-30-62-50(59)52(64-41)76-34(2)40-28-38(57)18-19-39(40)54(74)67(4)45(47)31-63-70/h14-19,28,30-31,33-35,42-43,45,48,60H,5-13,20-27,32H2,1-4H3,(H2,59,62)(H,61,71)(H,66,73)/t33-,34+,42?,43-,45?,48-/m0/s1. The van der Waals surface area contributed by atoms with Gasteiger partial charge in [-0.25, -0.2) is 18.7 Å². The van der Waals surface area contributed by atoms with E-state index in [2.05, 4.69) is 42.0 Å². The van der Waals surface area contributed by atoms with E-state index in [0.717, 1.165) is 88.9 Å². The lowest BCUT2D eigenvalue weighted by atomic mass is 9.88. The summed E-state index contributed by atoms with van der Waals surface area (Å²) in [6, 6.07) is 8.68. The number of anilines is 1. The lowest BCUT2D eigenvalue weighted by Gasteiger charge is -2.38. The number of nitrogens with two attached hydrogens (primary N) is 1. The molecule has 8 rings (SSSR count). The number of carbonyl (C=O) groups is 5. The number of thioether (sulfide) groups is 1. The maximum atomic E-state index is 14.5. The second-order valence-corrected chi connectivity index (χ2v) is 21.4. The van der Waals surface area contributed by atoms with E-state index >= 15 is 0 Å². The van der Waals surface area contributed by atoms with E-state index in [0.29, 0.717) is 35.4 Å². The molecule has 2 unspecified atom stereocenters. The molecule has 2 fully saturated rings. The number of nitrogen functional groups attached to an aromatic ring is 1. The number of hydrogen-bond acceptors (Lipinski definition) is 16. The van der Waals surface area contributed by atoms with Crippen molar-refractivity contribution in [3.8, 4) is 11.9 Å². The zero-order valence-electron chi connectivity index (χ0n) is 44.2. The van der Waals surface area contributed by atoms with Crippen LogP contribution in [-0.2, 0) is 14.4 Å². The number of nitrogens with zero attached hydrogens (tertiary/aromatic N) is 9. The average molecular weight is 1080 g/mol. The first-order valence-corrected chi connectivity index (χ1v) is 27.7. The monoisotopic (exact) mass is 1080 g/mol. The summed E-state index contributed by atoms with van der Waals surface area (Å²) in [6.07, 6.45) is 11.3. The number of aliphatic imine (C=N–C) groups is 1. The van der Waals surface area contributed by atoms with Crippen LogP contribution in [0.2, 0.25) is 0 Å². The fraction of sp³-hybridized carbons (Fsp3) is 0.527. The van der Waals surface area contributed by atoms with Crippen molar-refractivity contribution in [2.75, 3.05) is 64.9 Å². The third kappa shape index (κ3) is 13.5. The van der Waals surface area contributed by atoms with E-state index in [9.17, 15) is 38.0 Å². The minimum atomic E-state index is -0.856. The zero-order valence-corrected chi connectivity index (χ0v) is 45.0. The van der Waals surface area contributed by atoms with Crippen LogP contribution >= 0.6 is 11.8 Å². The molecule has 4 amide bonds. The molecule has 2 bridgehead atoms. The van der Waals surface area contributed by atoms with Crippen molar-refractivity contribution in [2.24, 2.45) is 16.0 Å². The number of rotatable bonds is 20. The first-order valence-electron chi connectivity index (χ1n) is 26.7. The molecule has 0 saturated carbocycles. The Balaban J connectivity index is 0.757. The molecule has 2 saturated heterocycles. The largest absolute Gasteiger partial charge is 0.467 e. The maximum absolute atomic E-state index is 14.5. The lowest BCUT2D eigenvalue weighted by Crippen LogP contribution is -2.58. The number of unbranched alkanes of at least 4 members (excludes halogenated alkanes) is 5. The van der Waals surface area contributed by atoms with Gasteiger partial charge in [0.05, 0.1) is 47.8 Å². The Morgan fingerprint density at radius 3 is 2.44 bits per heavy atom. The smallest absolute Gasteiger partial charge is 0.258 e. The summed E-state index contributed by atoms with van der Waals surface area (Å²) in [5, 5.41) is 26.3. The highest BCUT2D eigenvalue weighted by Gasteiger charge is 2.43. The fourth-order valence-corrected chi connectivity index (χ4v) is 11.8. The number of benzene rings is 2. The minimum Gasteiger partial charge on any atom is -0.467 e. The number of carbonyl (C=O) groups excluding carboxylic acids is 5. The van der Waals surface area contributed by atoms with Gasteiger partial charge in [-0.05, 0) is 127 Å². The second-order valence-electron chi connectivity index (χ2n) is 20.3. The van der Waals surface area contributed by atoms with Gasteiger partial charge in [0.1, 0.15) is 41.6 Å². The normalized spacial score (nSPS) is 21.5. The number of likely N-dealkylation sites (N-methyl/N-ethyl adjacent to an activating group) is 2. The van der Waals surface area contributed by atoms with E-state index in [1.165, 1.54) is 76.5 Å². The van der Waals surface area contributed by atoms with Crippen LogP contribution in [0.4, 0.5) is 14.6 Å². The molecule has 0 spiro atoms. The third-order valence-corrected chi connectivity index (χ3v) is 16.4. The average Bonchev–Trinajstić information content (AvgIpc) is 4.15. The molecule has 5 aliphatic heterocycles. The van der Waals surface area contributed by atoms with Crippen LogP contribution < -0.4 is 26.4 Å². The molecular weight excluding hydrogens is 1010 g/mol. The van der Waals surface area contributed by atoms with Crippen molar-refractivity contribution in [1.82, 2.24) is 45.6 Å². The molecule has 5 aliphatic rings. The van der Waals surface area contributed by atoms with Gasteiger partial charge in [-0.2, -0.15) is 10.4 Å². The van der Waals surface area contributed by atoms with Crippen LogP contribution in [0, 0.1) is 28.9 Å². The van der Waals surface area contributed by atoms with Crippen molar-refractivity contribution in [3.05, 3.63) is 88.4 Å². The summed E-state index contributed by atoms with van der Waals surface area (Å²) in [5.41, 5.74) is 7.73. The molecule has 0 radical (unpaired) electrons. The van der Waals surface area contributed by atoms with Crippen LogP contribution in [-0.4, -0.2) is 160 Å². The number of ether oxygens (including phenoxy) is 1. The molecule has 410 valence electrons. The van der Waals surface area contributed by atoms with Gasteiger partial charge in [-0.15, -0.1) is 11.8 Å². The predicted molar refractivity (Wildman–Crippen MR) is 290 cm³/mol. The summed E-state index contributed by atoms with van der Waals surface area (Å²) in [5.74, 6) is -1.63. The van der Waals surface area contributed by atoms with Crippen molar-refractivity contribution in [1.29, 1.82) is 5.26 Å². The number of halogens is 2. The van der Waals surface area contributed by atoms with Crippen LogP contribution in [0.15, 0.2) is 64.5 Å². The number of likely N-dealkylation sites (tertiary alicyclic amines) is 2.